The lowest BCUT2D eigenvalue weighted by Crippen LogP contribution is -2.34. The average Bonchev–Trinajstić information content (AvgIpc) is 2.35. The molecule has 3 nitrogen and oxygen atoms in total. The van der Waals surface area contributed by atoms with Gasteiger partial charge < -0.3 is 10.4 Å². The van der Waals surface area contributed by atoms with Gasteiger partial charge in [0.25, 0.3) is 0 Å². The molecule has 0 bridgehead atoms. The summed E-state index contributed by atoms with van der Waals surface area (Å²) in [5.74, 6) is 0.629. The molecular weight excluding hydrogens is 200 g/mol. The van der Waals surface area contributed by atoms with Crippen molar-refractivity contribution in [1.29, 1.82) is 0 Å². The zero-order valence-electron chi connectivity index (χ0n) is 10.4. The summed E-state index contributed by atoms with van der Waals surface area (Å²) in [6.45, 7) is 7.15. The molecule has 0 aliphatic heterocycles. The van der Waals surface area contributed by atoms with Gasteiger partial charge in [0.2, 0.25) is 0 Å². The summed E-state index contributed by atoms with van der Waals surface area (Å²) in [5.41, 5.74) is 0.916. The standard InChI is InChI=1S/C13H22N2O/c1-4-10(2)11(3)15-9-13(16)12-5-7-14-8-6-12/h5-8,10-11,13,15-16H,4,9H2,1-3H3. The first-order chi connectivity index (χ1) is 7.65. The van der Waals surface area contributed by atoms with Crippen molar-refractivity contribution in [3.8, 4) is 0 Å². The monoisotopic (exact) mass is 222 g/mol. The van der Waals surface area contributed by atoms with Gasteiger partial charge in [0, 0.05) is 25.0 Å². The van der Waals surface area contributed by atoms with Crippen molar-refractivity contribution in [3.05, 3.63) is 30.1 Å². The van der Waals surface area contributed by atoms with Crippen LogP contribution in [0.25, 0.3) is 0 Å². The van der Waals surface area contributed by atoms with Gasteiger partial charge in [-0.15, -0.1) is 0 Å². The molecule has 0 spiro atoms. The number of aliphatic hydroxyl groups is 1. The molecule has 0 saturated carbocycles. The summed E-state index contributed by atoms with van der Waals surface area (Å²) in [6.07, 6.45) is 4.11. The quantitative estimate of drug-likeness (QED) is 0.775. The minimum atomic E-state index is -0.450. The first-order valence-electron chi connectivity index (χ1n) is 5.96. The van der Waals surface area contributed by atoms with Crippen molar-refractivity contribution in [3.63, 3.8) is 0 Å². The second-order valence-electron chi connectivity index (χ2n) is 4.38. The second-order valence-corrected chi connectivity index (χ2v) is 4.38. The molecule has 0 fully saturated rings. The van der Waals surface area contributed by atoms with Crippen LogP contribution in [0.4, 0.5) is 0 Å². The number of pyridine rings is 1. The summed E-state index contributed by atoms with van der Waals surface area (Å²) < 4.78 is 0. The van der Waals surface area contributed by atoms with E-state index in [1.807, 2.05) is 12.1 Å². The van der Waals surface area contributed by atoms with Crippen LogP contribution in [0.5, 0.6) is 0 Å². The maximum atomic E-state index is 9.93. The Morgan fingerprint density at radius 3 is 2.50 bits per heavy atom. The number of aromatic nitrogens is 1. The molecule has 0 saturated heterocycles. The van der Waals surface area contributed by atoms with Gasteiger partial charge in [0.15, 0.2) is 0 Å². The fraction of sp³-hybridized carbons (Fsp3) is 0.615. The third-order valence-electron chi connectivity index (χ3n) is 3.22. The van der Waals surface area contributed by atoms with Gasteiger partial charge in [-0.05, 0) is 30.5 Å². The van der Waals surface area contributed by atoms with E-state index in [1.165, 1.54) is 0 Å². The zero-order chi connectivity index (χ0) is 12.0. The molecule has 0 aliphatic rings. The molecule has 1 rings (SSSR count). The van der Waals surface area contributed by atoms with Crippen LogP contribution in [0.3, 0.4) is 0 Å². The SMILES string of the molecule is CCC(C)C(C)NCC(O)c1ccncc1. The summed E-state index contributed by atoms with van der Waals surface area (Å²) in [6, 6.07) is 4.13. The highest BCUT2D eigenvalue weighted by atomic mass is 16.3. The van der Waals surface area contributed by atoms with E-state index in [0.717, 1.165) is 12.0 Å². The molecule has 0 aliphatic carbocycles. The van der Waals surface area contributed by atoms with Crippen molar-refractivity contribution < 1.29 is 5.11 Å². The number of aliphatic hydroxyl groups excluding tert-OH is 1. The Bertz CT molecular complexity index is 289. The maximum absolute atomic E-state index is 9.93. The third-order valence-corrected chi connectivity index (χ3v) is 3.22. The maximum Gasteiger partial charge on any atom is 0.0915 e. The topological polar surface area (TPSA) is 45.1 Å². The molecule has 0 aromatic carbocycles. The van der Waals surface area contributed by atoms with E-state index in [1.54, 1.807) is 12.4 Å². The van der Waals surface area contributed by atoms with Crippen LogP contribution < -0.4 is 5.32 Å². The Hall–Kier alpha value is -0.930. The molecule has 3 unspecified atom stereocenters. The minimum Gasteiger partial charge on any atom is -0.387 e. The van der Waals surface area contributed by atoms with E-state index in [-0.39, 0.29) is 0 Å². The van der Waals surface area contributed by atoms with Gasteiger partial charge in [-0.25, -0.2) is 0 Å². The molecule has 3 atom stereocenters. The highest BCUT2D eigenvalue weighted by Crippen LogP contribution is 2.12. The zero-order valence-corrected chi connectivity index (χ0v) is 10.4. The summed E-state index contributed by atoms with van der Waals surface area (Å²) >= 11 is 0. The Labute approximate surface area is 97.9 Å². The Morgan fingerprint density at radius 1 is 1.31 bits per heavy atom. The predicted molar refractivity (Wildman–Crippen MR) is 66.1 cm³/mol. The molecular formula is C13H22N2O. The lowest BCUT2D eigenvalue weighted by atomic mass is 10.0. The first kappa shape index (κ1) is 13.1. The Morgan fingerprint density at radius 2 is 1.94 bits per heavy atom. The van der Waals surface area contributed by atoms with E-state index in [2.05, 4.69) is 31.1 Å². The van der Waals surface area contributed by atoms with Crippen LogP contribution in [0.15, 0.2) is 24.5 Å². The van der Waals surface area contributed by atoms with Crippen molar-refractivity contribution in [2.75, 3.05) is 6.54 Å². The van der Waals surface area contributed by atoms with Crippen LogP contribution in [0.2, 0.25) is 0 Å². The van der Waals surface area contributed by atoms with Crippen LogP contribution in [0.1, 0.15) is 38.9 Å². The molecule has 1 aromatic rings. The van der Waals surface area contributed by atoms with E-state index >= 15 is 0 Å². The largest absolute Gasteiger partial charge is 0.387 e. The molecule has 16 heavy (non-hydrogen) atoms. The van der Waals surface area contributed by atoms with Crippen molar-refractivity contribution in [1.82, 2.24) is 10.3 Å². The third kappa shape index (κ3) is 3.91. The molecule has 0 amide bonds. The van der Waals surface area contributed by atoms with E-state index in [9.17, 15) is 5.11 Å². The van der Waals surface area contributed by atoms with Crippen molar-refractivity contribution >= 4 is 0 Å². The molecule has 2 N–H and O–H groups in total. The fourth-order valence-electron chi connectivity index (χ4n) is 1.56. The number of rotatable bonds is 6. The van der Waals surface area contributed by atoms with Crippen molar-refractivity contribution in [2.45, 2.75) is 39.3 Å². The van der Waals surface area contributed by atoms with E-state index in [0.29, 0.717) is 18.5 Å². The molecule has 90 valence electrons. The lowest BCUT2D eigenvalue weighted by molar-refractivity contribution is 0.166. The van der Waals surface area contributed by atoms with Gasteiger partial charge in [-0.1, -0.05) is 20.3 Å². The van der Waals surface area contributed by atoms with E-state index < -0.39 is 6.10 Å². The summed E-state index contributed by atoms with van der Waals surface area (Å²) in [5, 5.41) is 13.3. The summed E-state index contributed by atoms with van der Waals surface area (Å²) in [7, 11) is 0. The van der Waals surface area contributed by atoms with Gasteiger partial charge in [-0.2, -0.15) is 0 Å². The highest BCUT2D eigenvalue weighted by molar-refractivity contribution is 5.13. The number of hydrogen-bond acceptors (Lipinski definition) is 3. The van der Waals surface area contributed by atoms with Gasteiger partial charge in [0.05, 0.1) is 6.10 Å². The van der Waals surface area contributed by atoms with Gasteiger partial charge in [0.1, 0.15) is 0 Å². The summed E-state index contributed by atoms with van der Waals surface area (Å²) in [4.78, 5) is 3.93. The molecule has 1 heterocycles. The number of nitrogens with zero attached hydrogens (tertiary/aromatic N) is 1. The number of nitrogens with one attached hydrogen (secondary N) is 1. The van der Waals surface area contributed by atoms with Crippen molar-refractivity contribution in [2.24, 2.45) is 5.92 Å². The van der Waals surface area contributed by atoms with E-state index in [4.69, 9.17) is 0 Å². The molecule has 0 radical (unpaired) electrons. The van der Waals surface area contributed by atoms with Crippen LogP contribution in [0, 0.1) is 5.92 Å². The van der Waals surface area contributed by atoms with Gasteiger partial charge >= 0.3 is 0 Å². The fourth-order valence-corrected chi connectivity index (χ4v) is 1.56. The number of hydrogen-bond donors (Lipinski definition) is 2. The first-order valence-corrected chi connectivity index (χ1v) is 5.96. The van der Waals surface area contributed by atoms with Crippen LogP contribution in [-0.2, 0) is 0 Å². The average molecular weight is 222 g/mol. The second kappa shape index (κ2) is 6.61. The predicted octanol–water partition coefficient (Wildman–Crippen LogP) is 2.14. The van der Waals surface area contributed by atoms with Crippen LogP contribution in [-0.4, -0.2) is 22.7 Å². The highest BCUT2D eigenvalue weighted by Gasteiger charge is 2.12. The molecule has 3 heteroatoms. The Kier molecular flexibility index (Phi) is 5.43. The van der Waals surface area contributed by atoms with Gasteiger partial charge in [-0.3, -0.25) is 4.98 Å². The Balaban J connectivity index is 2.38. The molecule has 1 aromatic heterocycles. The van der Waals surface area contributed by atoms with Crippen LogP contribution >= 0.6 is 0 Å². The smallest absolute Gasteiger partial charge is 0.0915 e. The minimum absolute atomic E-state index is 0.432. The normalized spacial score (nSPS) is 16.8. The lowest BCUT2D eigenvalue weighted by Gasteiger charge is -2.21.